The fourth-order valence-electron chi connectivity index (χ4n) is 3.87. The molecule has 5 rings (SSSR count). The zero-order valence-corrected chi connectivity index (χ0v) is 20.1. The highest BCUT2D eigenvalue weighted by Crippen LogP contribution is 2.25. The number of amides is 1. The molecule has 1 aliphatic rings. The number of piperazine rings is 1. The second-order valence-corrected chi connectivity index (χ2v) is 9.29. The van der Waals surface area contributed by atoms with Crippen molar-refractivity contribution in [2.45, 2.75) is 25.8 Å². The summed E-state index contributed by atoms with van der Waals surface area (Å²) in [6.45, 7) is 4.79. The quantitative estimate of drug-likeness (QED) is 0.371. The van der Waals surface area contributed by atoms with Gasteiger partial charge in [0.15, 0.2) is 0 Å². The molecule has 4 aromatic rings. The largest absolute Gasteiger partial charge is 0.421 e. The van der Waals surface area contributed by atoms with Gasteiger partial charge in [0.25, 0.3) is 0 Å². The van der Waals surface area contributed by atoms with Crippen molar-refractivity contribution < 1.29 is 13.7 Å². The van der Waals surface area contributed by atoms with Crippen LogP contribution >= 0.6 is 22.9 Å². The first-order chi connectivity index (χ1) is 16.6. The predicted octanol–water partition coefficient (Wildman–Crippen LogP) is 4.34. The van der Waals surface area contributed by atoms with Gasteiger partial charge in [-0.15, -0.1) is 10.2 Å². The van der Waals surface area contributed by atoms with E-state index in [0.717, 1.165) is 24.2 Å². The number of carbonyl (C=O) groups excluding carboxylic acids is 1. The summed E-state index contributed by atoms with van der Waals surface area (Å²) in [7, 11) is 0. The SMILES string of the molecule is C[C@H](c1nc(-c2ccc(Cl)cc2)no1)N1CCN(C(=O)CCc2nnc(-c3ccsc3)o2)CC1. The van der Waals surface area contributed by atoms with E-state index in [1.54, 1.807) is 23.5 Å². The molecule has 0 bridgehead atoms. The Kier molecular flexibility index (Phi) is 6.70. The Morgan fingerprint density at radius 1 is 1.12 bits per heavy atom. The monoisotopic (exact) mass is 498 g/mol. The van der Waals surface area contributed by atoms with Gasteiger partial charge < -0.3 is 13.8 Å². The molecule has 4 heterocycles. The molecular weight excluding hydrogens is 476 g/mol. The standard InChI is InChI=1S/C23H23ClN6O3S/c1-15(22-25-21(28-33-22)16-2-4-18(24)5-3-16)29-9-11-30(12-10-29)20(31)7-6-19-26-27-23(32-19)17-8-13-34-14-17/h2-5,8,13-15H,6-7,9-12H2,1H3/t15-/m1/s1. The van der Waals surface area contributed by atoms with Crippen molar-refractivity contribution >= 4 is 28.8 Å². The van der Waals surface area contributed by atoms with Crippen LogP contribution in [0.2, 0.25) is 5.02 Å². The van der Waals surface area contributed by atoms with Gasteiger partial charge in [-0.2, -0.15) is 16.3 Å². The Bertz CT molecular complexity index is 1230. The van der Waals surface area contributed by atoms with Crippen molar-refractivity contribution in [3.63, 3.8) is 0 Å². The number of carbonyl (C=O) groups is 1. The van der Waals surface area contributed by atoms with E-state index in [1.165, 1.54) is 0 Å². The number of nitrogens with zero attached hydrogens (tertiary/aromatic N) is 6. The number of rotatable bonds is 7. The number of aryl methyl sites for hydroxylation is 1. The van der Waals surface area contributed by atoms with Gasteiger partial charge in [-0.25, -0.2) is 0 Å². The summed E-state index contributed by atoms with van der Waals surface area (Å²) < 4.78 is 11.2. The van der Waals surface area contributed by atoms with Gasteiger partial charge in [0.05, 0.1) is 6.04 Å². The molecule has 0 aliphatic carbocycles. The van der Waals surface area contributed by atoms with Crippen molar-refractivity contribution in [2.24, 2.45) is 0 Å². The Labute approximate surface area is 205 Å². The normalized spacial score (nSPS) is 15.5. The topological polar surface area (TPSA) is 101 Å². The molecule has 1 aliphatic heterocycles. The highest BCUT2D eigenvalue weighted by Gasteiger charge is 2.28. The van der Waals surface area contributed by atoms with E-state index in [-0.39, 0.29) is 11.9 Å². The third-order valence-corrected chi connectivity index (χ3v) is 6.84. The zero-order chi connectivity index (χ0) is 23.5. The van der Waals surface area contributed by atoms with Crippen LogP contribution in [0.1, 0.15) is 31.2 Å². The van der Waals surface area contributed by atoms with E-state index in [2.05, 4.69) is 25.2 Å². The molecule has 1 amide bonds. The summed E-state index contributed by atoms with van der Waals surface area (Å²) in [4.78, 5) is 21.4. The minimum atomic E-state index is -0.0419. The van der Waals surface area contributed by atoms with Gasteiger partial charge >= 0.3 is 0 Å². The second kappa shape index (κ2) is 10.0. The summed E-state index contributed by atoms with van der Waals surface area (Å²) in [6.07, 6.45) is 0.775. The number of benzene rings is 1. The van der Waals surface area contributed by atoms with Crippen molar-refractivity contribution in [3.8, 4) is 22.8 Å². The average molecular weight is 499 g/mol. The minimum absolute atomic E-state index is 0.0419. The van der Waals surface area contributed by atoms with Crippen LogP contribution in [0.25, 0.3) is 22.8 Å². The van der Waals surface area contributed by atoms with E-state index < -0.39 is 0 Å². The molecule has 1 aromatic carbocycles. The molecule has 1 fully saturated rings. The average Bonchev–Trinajstić information content (AvgIpc) is 3.64. The van der Waals surface area contributed by atoms with Gasteiger partial charge in [0.2, 0.25) is 29.4 Å². The Morgan fingerprint density at radius 3 is 2.65 bits per heavy atom. The number of thiophene rings is 1. The van der Waals surface area contributed by atoms with Crippen molar-refractivity contribution in [1.82, 2.24) is 30.1 Å². The Morgan fingerprint density at radius 2 is 1.91 bits per heavy atom. The second-order valence-electron chi connectivity index (χ2n) is 8.07. The third-order valence-electron chi connectivity index (χ3n) is 5.90. The van der Waals surface area contributed by atoms with Crippen LogP contribution in [0.4, 0.5) is 0 Å². The molecule has 9 nitrogen and oxygen atoms in total. The highest BCUT2D eigenvalue weighted by atomic mass is 35.5. The molecule has 0 radical (unpaired) electrons. The molecule has 34 heavy (non-hydrogen) atoms. The van der Waals surface area contributed by atoms with Gasteiger partial charge in [-0.3, -0.25) is 9.69 Å². The van der Waals surface area contributed by atoms with Crippen molar-refractivity contribution in [1.29, 1.82) is 0 Å². The molecule has 0 N–H and O–H groups in total. The highest BCUT2D eigenvalue weighted by molar-refractivity contribution is 7.08. The lowest BCUT2D eigenvalue weighted by molar-refractivity contribution is -0.133. The summed E-state index contributed by atoms with van der Waals surface area (Å²) in [5.41, 5.74) is 1.76. The number of halogens is 1. The van der Waals surface area contributed by atoms with Crippen molar-refractivity contribution in [2.75, 3.05) is 26.2 Å². The predicted molar refractivity (Wildman–Crippen MR) is 127 cm³/mol. The summed E-state index contributed by atoms with van der Waals surface area (Å²) >= 11 is 7.52. The van der Waals surface area contributed by atoms with E-state index in [0.29, 0.717) is 54.5 Å². The molecule has 1 saturated heterocycles. The third kappa shape index (κ3) is 5.03. The van der Waals surface area contributed by atoms with Crippen LogP contribution < -0.4 is 0 Å². The Balaban J connectivity index is 1.11. The van der Waals surface area contributed by atoms with Gasteiger partial charge in [-0.05, 0) is 42.6 Å². The molecule has 0 unspecified atom stereocenters. The van der Waals surface area contributed by atoms with E-state index in [4.69, 9.17) is 20.5 Å². The first-order valence-electron chi connectivity index (χ1n) is 11.0. The minimum Gasteiger partial charge on any atom is -0.421 e. The fourth-order valence-corrected chi connectivity index (χ4v) is 4.62. The maximum Gasteiger partial charge on any atom is 0.248 e. The summed E-state index contributed by atoms with van der Waals surface area (Å²) in [6, 6.07) is 9.22. The lowest BCUT2D eigenvalue weighted by Crippen LogP contribution is -2.49. The van der Waals surface area contributed by atoms with Crippen LogP contribution in [-0.2, 0) is 11.2 Å². The van der Waals surface area contributed by atoms with E-state index in [1.807, 2.05) is 40.8 Å². The van der Waals surface area contributed by atoms with Gasteiger partial charge in [0, 0.05) is 60.6 Å². The summed E-state index contributed by atoms with van der Waals surface area (Å²) in [5.74, 6) is 2.16. The summed E-state index contributed by atoms with van der Waals surface area (Å²) in [5, 5.41) is 16.8. The zero-order valence-electron chi connectivity index (χ0n) is 18.6. The van der Waals surface area contributed by atoms with E-state index >= 15 is 0 Å². The van der Waals surface area contributed by atoms with Gasteiger partial charge in [-0.1, -0.05) is 16.8 Å². The molecule has 0 spiro atoms. The fraction of sp³-hybridized carbons (Fsp3) is 0.348. The number of aromatic nitrogens is 4. The maximum atomic E-state index is 12.7. The van der Waals surface area contributed by atoms with Crippen molar-refractivity contribution in [3.05, 3.63) is 57.9 Å². The molecule has 1 atom stereocenters. The van der Waals surface area contributed by atoms with Gasteiger partial charge in [0.1, 0.15) is 0 Å². The van der Waals surface area contributed by atoms with Crippen LogP contribution in [-0.4, -0.2) is 62.2 Å². The Hall–Kier alpha value is -3.08. The number of hydrogen-bond donors (Lipinski definition) is 0. The lowest BCUT2D eigenvalue weighted by Gasteiger charge is -2.36. The number of hydrogen-bond acceptors (Lipinski definition) is 9. The van der Waals surface area contributed by atoms with Crippen LogP contribution in [0.3, 0.4) is 0 Å². The first-order valence-corrected chi connectivity index (χ1v) is 12.4. The maximum absolute atomic E-state index is 12.7. The van der Waals surface area contributed by atoms with Crippen LogP contribution in [0.15, 0.2) is 50.0 Å². The molecular formula is C23H23ClN6O3S. The molecule has 3 aromatic heterocycles. The molecule has 0 saturated carbocycles. The molecule has 11 heteroatoms. The lowest BCUT2D eigenvalue weighted by atomic mass is 10.2. The van der Waals surface area contributed by atoms with Crippen LogP contribution in [0, 0.1) is 0 Å². The first kappa shape index (κ1) is 22.7. The van der Waals surface area contributed by atoms with Crippen LogP contribution in [0.5, 0.6) is 0 Å². The smallest absolute Gasteiger partial charge is 0.248 e. The molecule has 176 valence electrons. The van der Waals surface area contributed by atoms with E-state index in [9.17, 15) is 4.79 Å².